The fraction of sp³-hybridized carbons (Fsp3) is 0.615. The molecule has 1 saturated carbocycles. The van der Waals surface area contributed by atoms with Gasteiger partial charge in [-0.15, -0.1) is 0 Å². The van der Waals surface area contributed by atoms with E-state index in [0.29, 0.717) is 0 Å². The van der Waals surface area contributed by atoms with Gasteiger partial charge in [0.15, 0.2) is 0 Å². The van der Waals surface area contributed by atoms with Gasteiger partial charge in [0.1, 0.15) is 0 Å². The molecule has 1 aliphatic rings. The molecule has 0 saturated heterocycles. The minimum absolute atomic E-state index is 0.120. The maximum atomic E-state index is 4.53. The van der Waals surface area contributed by atoms with Crippen LogP contribution in [0.4, 0.5) is 0 Å². The summed E-state index contributed by atoms with van der Waals surface area (Å²) in [5.41, 5.74) is 7.10. The van der Waals surface area contributed by atoms with Crippen LogP contribution < -0.4 is 0 Å². The molecule has 0 nitrogen and oxygen atoms in total. The van der Waals surface area contributed by atoms with E-state index in [4.69, 9.17) is 0 Å². The summed E-state index contributed by atoms with van der Waals surface area (Å²) in [6, 6.07) is 0. The highest BCUT2D eigenvalue weighted by Crippen LogP contribution is 2.51. The number of allylic oxidation sites excluding steroid dienone is 5. The summed E-state index contributed by atoms with van der Waals surface area (Å²) in [6.07, 6.45) is 7.91. The second-order valence-corrected chi connectivity index (χ2v) is 11.5. The van der Waals surface area contributed by atoms with Gasteiger partial charge in [-0.2, -0.15) is 11.8 Å². The van der Waals surface area contributed by atoms with Gasteiger partial charge in [0, 0.05) is 11.5 Å². The molecule has 1 heteroatoms. The van der Waals surface area contributed by atoms with Gasteiger partial charge in [-0.25, -0.2) is 0 Å². The van der Waals surface area contributed by atoms with E-state index in [-0.39, 0.29) is 16.2 Å². The van der Waals surface area contributed by atoms with Gasteiger partial charge >= 0.3 is 0 Å². The normalized spacial score (nSPS) is 19.6. The van der Waals surface area contributed by atoms with Crippen molar-refractivity contribution in [1.82, 2.24) is 0 Å². The molecular weight excluding hydrogens is 344 g/mol. The summed E-state index contributed by atoms with van der Waals surface area (Å²) in [5.74, 6) is 1.94. The third-order valence-corrected chi connectivity index (χ3v) is 7.18. The molecule has 0 aromatic heterocycles. The Labute approximate surface area is 174 Å². The zero-order chi connectivity index (χ0) is 21.0. The van der Waals surface area contributed by atoms with Crippen molar-refractivity contribution in [3.8, 4) is 0 Å². The topological polar surface area (TPSA) is 0 Å². The van der Waals surface area contributed by atoms with Crippen LogP contribution in [0, 0.1) is 16.2 Å². The monoisotopic (exact) mass is 386 g/mol. The van der Waals surface area contributed by atoms with Gasteiger partial charge in [-0.05, 0) is 59.2 Å². The van der Waals surface area contributed by atoms with Crippen LogP contribution in [0.15, 0.2) is 59.8 Å². The Morgan fingerprint density at radius 3 is 1.96 bits per heavy atom. The molecule has 152 valence electrons. The number of hydrogen-bond acceptors (Lipinski definition) is 1. The largest absolute Gasteiger partial charge is 0.153 e. The van der Waals surface area contributed by atoms with Crippen LogP contribution in [-0.4, -0.2) is 11.5 Å². The second kappa shape index (κ2) is 9.03. The molecule has 0 amide bonds. The first kappa shape index (κ1) is 24.1. The van der Waals surface area contributed by atoms with Gasteiger partial charge in [-0.3, -0.25) is 0 Å². The molecule has 1 unspecified atom stereocenters. The number of rotatable bonds is 8. The SMILES string of the molecule is C=C1CC/C1=C/C(=C\C)C(=C)CSCC(=C)C(C)(CC(C)(C)C)C(C)(C)C. The maximum absolute atomic E-state index is 4.53. The Balaban J connectivity index is 2.72. The lowest BCUT2D eigenvalue weighted by molar-refractivity contribution is 0.0934. The lowest BCUT2D eigenvalue weighted by Crippen LogP contribution is -2.38. The smallest absolute Gasteiger partial charge is 0.0187 e. The summed E-state index contributed by atoms with van der Waals surface area (Å²) < 4.78 is 0. The van der Waals surface area contributed by atoms with Crippen LogP contribution in [0.25, 0.3) is 0 Å². The minimum Gasteiger partial charge on any atom is -0.153 e. The van der Waals surface area contributed by atoms with Crippen LogP contribution in [-0.2, 0) is 0 Å². The highest BCUT2D eigenvalue weighted by molar-refractivity contribution is 7.99. The molecule has 0 aliphatic heterocycles. The van der Waals surface area contributed by atoms with Crippen molar-refractivity contribution in [3.63, 3.8) is 0 Å². The molecular formula is C26H42S. The zero-order valence-electron chi connectivity index (χ0n) is 19.2. The fourth-order valence-corrected chi connectivity index (χ4v) is 4.80. The molecule has 0 aromatic rings. The van der Waals surface area contributed by atoms with Crippen molar-refractivity contribution >= 4 is 11.8 Å². The van der Waals surface area contributed by atoms with Crippen molar-refractivity contribution < 1.29 is 0 Å². The molecule has 0 spiro atoms. The van der Waals surface area contributed by atoms with Crippen LogP contribution in [0.5, 0.6) is 0 Å². The minimum atomic E-state index is 0.120. The maximum Gasteiger partial charge on any atom is 0.0187 e. The molecule has 0 N–H and O–H groups in total. The Morgan fingerprint density at radius 1 is 1.00 bits per heavy atom. The average molecular weight is 387 g/mol. The van der Waals surface area contributed by atoms with E-state index >= 15 is 0 Å². The van der Waals surface area contributed by atoms with Crippen molar-refractivity contribution in [2.45, 2.75) is 74.7 Å². The predicted molar refractivity (Wildman–Crippen MR) is 127 cm³/mol. The van der Waals surface area contributed by atoms with E-state index < -0.39 is 0 Å². The first-order valence-electron chi connectivity index (χ1n) is 10.2. The molecule has 1 aliphatic carbocycles. The molecule has 1 atom stereocenters. The van der Waals surface area contributed by atoms with E-state index in [9.17, 15) is 0 Å². The van der Waals surface area contributed by atoms with E-state index in [0.717, 1.165) is 30.8 Å². The Bertz CT molecular complexity index is 643. The molecule has 1 fully saturated rings. The quantitative estimate of drug-likeness (QED) is 0.297. The third-order valence-electron chi connectivity index (χ3n) is 6.07. The van der Waals surface area contributed by atoms with Crippen molar-refractivity contribution in [2.24, 2.45) is 16.2 Å². The summed E-state index contributed by atoms with van der Waals surface area (Å²) in [6.45, 7) is 31.5. The Kier molecular flexibility index (Phi) is 8.06. The van der Waals surface area contributed by atoms with Crippen LogP contribution in [0.3, 0.4) is 0 Å². The number of hydrogen-bond donors (Lipinski definition) is 0. The van der Waals surface area contributed by atoms with Gasteiger partial charge in [-0.1, -0.05) is 91.5 Å². The summed E-state index contributed by atoms with van der Waals surface area (Å²) >= 11 is 1.94. The first-order chi connectivity index (χ1) is 12.2. The Morgan fingerprint density at radius 2 is 1.59 bits per heavy atom. The van der Waals surface area contributed by atoms with Gasteiger partial charge < -0.3 is 0 Å². The molecule has 0 heterocycles. The lowest BCUT2D eigenvalue weighted by atomic mass is 9.58. The highest BCUT2D eigenvalue weighted by atomic mass is 32.2. The summed E-state index contributed by atoms with van der Waals surface area (Å²) in [5, 5.41) is 0. The van der Waals surface area contributed by atoms with Gasteiger partial charge in [0.05, 0.1) is 0 Å². The molecule has 0 aromatic carbocycles. The highest BCUT2D eigenvalue weighted by Gasteiger charge is 2.42. The van der Waals surface area contributed by atoms with Crippen LogP contribution >= 0.6 is 11.8 Å². The van der Waals surface area contributed by atoms with Crippen molar-refractivity contribution in [1.29, 1.82) is 0 Å². The van der Waals surface area contributed by atoms with Gasteiger partial charge in [0.2, 0.25) is 0 Å². The van der Waals surface area contributed by atoms with Crippen molar-refractivity contribution in [2.75, 3.05) is 11.5 Å². The number of thioether (sulfide) groups is 1. The fourth-order valence-electron chi connectivity index (χ4n) is 3.72. The van der Waals surface area contributed by atoms with E-state index in [2.05, 4.69) is 87.3 Å². The summed E-state index contributed by atoms with van der Waals surface area (Å²) in [7, 11) is 0. The zero-order valence-corrected chi connectivity index (χ0v) is 20.0. The van der Waals surface area contributed by atoms with Crippen LogP contribution in [0.1, 0.15) is 74.7 Å². The molecule has 0 bridgehead atoms. The molecule has 1 rings (SSSR count). The molecule has 27 heavy (non-hydrogen) atoms. The second-order valence-electron chi connectivity index (χ2n) is 10.5. The first-order valence-corrected chi connectivity index (χ1v) is 11.4. The Hall–Kier alpha value is -0.950. The standard InChI is InChI=1S/C26H42S/c1-12-22(15-23-14-13-19(23)2)20(3)16-27-17-21(4)26(11,25(8,9)10)18-24(5,6)7/h12,15H,2-4,13-14,16-18H2,1,5-11H3/b22-12+,23-15-. The predicted octanol–water partition coefficient (Wildman–Crippen LogP) is 8.54. The van der Waals surface area contributed by atoms with Crippen LogP contribution in [0.2, 0.25) is 0 Å². The van der Waals surface area contributed by atoms with E-state index in [1.165, 1.54) is 27.9 Å². The lowest BCUT2D eigenvalue weighted by Gasteiger charge is -2.47. The summed E-state index contributed by atoms with van der Waals surface area (Å²) in [4.78, 5) is 0. The van der Waals surface area contributed by atoms with E-state index in [1.54, 1.807) is 0 Å². The third kappa shape index (κ3) is 6.56. The van der Waals surface area contributed by atoms with Gasteiger partial charge in [0.25, 0.3) is 0 Å². The van der Waals surface area contributed by atoms with E-state index in [1.807, 2.05) is 11.8 Å². The van der Waals surface area contributed by atoms with Crippen molar-refractivity contribution in [3.05, 3.63) is 59.8 Å². The average Bonchev–Trinajstić information content (AvgIpc) is 2.51. The molecule has 0 radical (unpaired) electrons.